The van der Waals surface area contributed by atoms with Gasteiger partial charge in [-0.15, -0.1) is 0 Å². The quantitative estimate of drug-likeness (QED) is 0.461. The molecule has 0 saturated carbocycles. The van der Waals surface area contributed by atoms with Gasteiger partial charge in [0, 0.05) is 37.8 Å². The summed E-state index contributed by atoms with van der Waals surface area (Å²) in [5, 5.41) is 3.66. The van der Waals surface area contributed by atoms with Gasteiger partial charge in [0.05, 0.1) is 24.1 Å². The van der Waals surface area contributed by atoms with Gasteiger partial charge in [0.1, 0.15) is 23.1 Å². The number of hydrogen-bond donors (Lipinski definition) is 1. The van der Waals surface area contributed by atoms with Crippen LogP contribution >= 0.6 is 0 Å². The standard InChI is InChI=1S/C25H30F4N6O/c1-14(2)34-9-11-35(12-10-34)20-13-18-22(31-16(4)32-23(18)33-24(20)36-5)30-15(3)17-7-6-8-19(21(17)26)25(27,28)29/h6-8,13-15H,9-12H2,1-5H3,(H,30,31,32,33)/t15-/m1/s1. The molecule has 3 aromatic rings. The Morgan fingerprint density at radius 3 is 2.33 bits per heavy atom. The second-order valence-electron chi connectivity index (χ2n) is 9.20. The van der Waals surface area contributed by atoms with E-state index in [1.807, 2.05) is 6.07 Å². The lowest BCUT2D eigenvalue weighted by atomic mass is 10.0. The average molecular weight is 507 g/mol. The number of halogens is 4. The van der Waals surface area contributed by atoms with Crippen LogP contribution in [0, 0.1) is 12.7 Å². The van der Waals surface area contributed by atoms with Gasteiger partial charge in [0.2, 0.25) is 5.88 Å². The zero-order chi connectivity index (χ0) is 26.2. The van der Waals surface area contributed by atoms with E-state index in [0.717, 1.165) is 37.9 Å². The zero-order valence-electron chi connectivity index (χ0n) is 20.9. The topological polar surface area (TPSA) is 66.4 Å². The van der Waals surface area contributed by atoms with Gasteiger partial charge in [-0.2, -0.15) is 18.2 Å². The Labute approximate surface area is 207 Å². The molecule has 1 saturated heterocycles. The third-order valence-corrected chi connectivity index (χ3v) is 6.48. The Bertz CT molecular complexity index is 1240. The zero-order valence-corrected chi connectivity index (χ0v) is 20.9. The molecular formula is C25H30F4N6O. The Balaban J connectivity index is 1.71. The maximum absolute atomic E-state index is 14.8. The highest BCUT2D eigenvalue weighted by Crippen LogP contribution is 2.36. The van der Waals surface area contributed by atoms with Gasteiger partial charge in [-0.3, -0.25) is 4.90 Å². The van der Waals surface area contributed by atoms with Crippen LogP contribution < -0.4 is 15.0 Å². The van der Waals surface area contributed by atoms with Crippen molar-refractivity contribution >= 4 is 22.5 Å². The highest BCUT2D eigenvalue weighted by molar-refractivity contribution is 5.90. The van der Waals surface area contributed by atoms with Crippen molar-refractivity contribution in [3.63, 3.8) is 0 Å². The fraction of sp³-hybridized carbons (Fsp3) is 0.480. The molecule has 11 heteroatoms. The van der Waals surface area contributed by atoms with Crippen LogP contribution in [0.4, 0.5) is 29.1 Å². The van der Waals surface area contributed by atoms with Crippen LogP contribution in [0.2, 0.25) is 0 Å². The van der Waals surface area contributed by atoms with Crippen LogP contribution in [-0.2, 0) is 6.18 Å². The van der Waals surface area contributed by atoms with E-state index in [0.29, 0.717) is 34.6 Å². The molecule has 1 fully saturated rings. The molecular weight excluding hydrogens is 476 g/mol. The Morgan fingerprint density at radius 1 is 1.03 bits per heavy atom. The van der Waals surface area contributed by atoms with Crippen molar-refractivity contribution in [1.82, 2.24) is 19.9 Å². The lowest BCUT2D eigenvalue weighted by Crippen LogP contribution is -2.49. The minimum atomic E-state index is -4.78. The number of methoxy groups -OCH3 is 1. The van der Waals surface area contributed by atoms with Gasteiger partial charge in [-0.1, -0.05) is 12.1 Å². The molecule has 4 rings (SSSR count). The van der Waals surface area contributed by atoms with Crippen molar-refractivity contribution in [3.05, 3.63) is 47.0 Å². The second kappa shape index (κ2) is 10.0. The predicted octanol–water partition coefficient (Wildman–Crippen LogP) is 5.20. The molecule has 3 heterocycles. The minimum Gasteiger partial charge on any atom is -0.479 e. The highest BCUT2D eigenvalue weighted by atomic mass is 19.4. The molecule has 0 aliphatic carbocycles. The normalized spacial score (nSPS) is 16.0. The molecule has 1 aromatic carbocycles. The lowest BCUT2D eigenvalue weighted by Gasteiger charge is -2.38. The average Bonchev–Trinajstić information content (AvgIpc) is 2.82. The molecule has 0 amide bonds. The van der Waals surface area contributed by atoms with Crippen LogP contribution in [-0.4, -0.2) is 59.2 Å². The summed E-state index contributed by atoms with van der Waals surface area (Å²) in [5.41, 5.74) is -0.253. The summed E-state index contributed by atoms with van der Waals surface area (Å²) in [6.07, 6.45) is -4.78. The second-order valence-corrected chi connectivity index (χ2v) is 9.20. The third kappa shape index (κ3) is 5.16. The SMILES string of the molecule is COc1nc2nc(C)nc(N[C@H](C)c3cccc(C(F)(F)F)c3F)c2cc1N1CCN(C(C)C)CC1. The Hall–Kier alpha value is -3.21. The monoisotopic (exact) mass is 506 g/mol. The summed E-state index contributed by atoms with van der Waals surface area (Å²) in [5.74, 6) is -0.0984. The van der Waals surface area contributed by atoms with Crippen molar-refractivity contribution in [2.75, 3.05) is 43.5 Å². The molecule has 7 nitrogen and oxygen atoms in total. The Morgan fingerprint density at radius 2 is 1.72 bits per heavy atom. The number of aromatic nitrogens is 3. The number of pyridine rings is 1. The number of anilines is 2. The van der Waals surface area contributed by atoms with Gasteiger partial charge in [0.15, 0.2) is 5.65 Å². The fourth-order valence-corrected chi connectivity index (χ4v) is 4.49. The van der Waals surface area contributed by atoms with E-state index in [9.17, 15) is 17.6 Å². The van der Waals surface area contributed by atoms with Crippen molar-refractivity contribution < 1.29 is 22.3 Å². The summed E-state index contributed by atoms with van der Waals surface area (Å²) >= 11 is 0. The molecule has 0 spiro atoms. The summed E-state index contributed by atoms with van der Waals surface area (Å²) in [6, 6.07) is 4.79. The van der Waals surface area contributed by atoms with E-state index in [1.54, 1.807) is 21.0 Å². The summed E-state index contributed by atoms with van der Waals surface area (Å²) in [4.78, 5) is 18.1. The molecule has 194 valence electrons. The number of hydrogen-bond acceptors (Lipinski definition) is 7. The maximum Gasteiger partial charge on any atom is 0.419 e. The fourth-order valence-electron chi connectivity index (χ4n) is 4.49. The molecule has 0 radical (unpaired) electrons. The van der Waals surface area contributed by atoms with Gasteiger partial charge in [-0.05, 0) is 39.8 Å². The number of nitrogens with zero attached hydrogens (tertiary/aromatic N) is 5. The predicted molar refractivity (Wildman–Crippen MR) is 131 cm³/mol. The number of benzene rings is 1. The first-order valence-corrected chi connectivity index (χ1v) is 11.8. The molecule has 2 aromatic heterocycles. The molecule has 1 N–H and O–H groups in total. The number of ether oxygens (including phenoxy) is 1. The lowest BCUT2D eigenvalue weighted by molar-refractivity contribution is -0.140. The number of fused-ring (bicyclic) bond motifs is 1. The number of piperazine rings is 1. The molecule has 1 aliphatic heterocycles. The van der Waals surface area contributed by atoms with E-state index in [4.69, 9.17) is 4.74 Å². The van der Waals surface area contributed by atoms with Gasteiger partial charge < -0.3 is 15.0 Å². The first kappa shape index (κ1) is 25.9. The van der Waals surface area contributed by atoms with Gasteiger partial charge in [-0.25, -0.2) is 14.4 Å². The van der Waals surface area contributed by atoms with Crippen LogP contribution in [0.3, 0.4) is 0 Å². The van der Waals surface area contributed by atoms with Crippen LogP contribution in [0.1, 0.15) is 43.8 Å². The molecule has 36 heavy (non-hydrogen) atoms. The smallest absolute Gasteiger partial charge is 0.419 e. The summed E-state index contributed by atoms with van der Waals surface area (Å²) in [6.45, 7) is 10.9. The van der Waals surface area contributed by atoms with Gasteiger partial charge >= 0.3 is 6.18 Å². The van der Waals surface area contributed by atoms with Crippen LogP contribution in [0.25, 0.3) is 11.0 Å². The van der Waals surface area contributed by atoms with Crippen LogP contribution in [0.5, 0.6) is 5.88 Å². The first-order valence-electron chi connectivity index (χ1n) is 11.8. The number of rotatable bonds is 6. The van der Waals surface area contributed by atoms with E-state index < -0.39 is 23.6 Å². The summed E-state index contributed by atoms with van der Waals surface area (Å²) in [7, 11) is 1.55. The van der Waals surface area contributed by atoms with E-state index in [1.165, 1.54) is 12.1 Å². The largest absolute Gasteiger partial charge is 0.479 e. The Kier molecular flexibility index (Phi) is 7.21. The first-order chi connectivity index (χ1) is 17.0. The number of nitrogens with one attached hydrogen (secondary N) is 1. The summed E-state index contributed by atoms with van der Waals surface area (Å²) < 4.78 is 60.0. The van der Waals surface area contributed by atoms with Crippen molar-refractivity contribution in [3.8, 4) is 5.88 Å². The highest BCUT2D eigenvalue weighted by Gasteiger charge is 2.35. The van der Waals surface area contributed by atoms with E-state index >= 15 is 0 Å². The van der Waals surface area contributed by atoms with E-state index in [-0.39, 0.29) is 5.56 Å². The number of alkyl halides is 3. The molecule has 1 atom stereocenters. The van der Waals surface area contributed by atoms with E-state index in [2.05, 4.69) is 43.9 Å². The van der Waals surface area contributed by atoms with Crippen molar-refractivity contribution in [1.29, 1.82) is 0 Å². The minimum absolute atomic E-state index is 0.110. The molecule has 0 unspecified atom stereocenters. The van der Waals surface area contributed by atoms with Crippen LogP contribution in [0.15, 0.2) is 24.3 Å². The van der Waals surface area contributed by atoms with Crippen molar-refractivity contribution in [2.45, 2.75) is 46.0 Å². The molecule has 1 aliphatic rings. The maximum atomic E-state index is 14.8. The van der Waals surface area contributed by atoms with Crippen molar-refractivity contribution in [2.24, 2.45) is 0 Å². The molecule has 0 bridgehead atoms. The van der Waals surface area contributed by atoms with Gasteiger partial charge in [0.25, 0.3) is 0 Å². The number of aryl methyl sites for hydroxylation is 1. The third-order valence-electron chi connectivity index (χ3n) is 6.48.